The number of hydrogen-bond acceptors (Lipinski definition) is 4. The Morgan fingerprint density at radius 1 is 1.15 bits per heavy atom. The van der Waals surface area contributed by atoms with Gasteiger partial charge in [0.05, 0.1) is 18.4 Å². The van der Waals surface area contributed by atoms with Crippen molar-refractivity contribution in [3.05, 3.63) is 48.0 Å². The summed E-state index contributed by atoms with van der Waals surface area (Å²) in [6.45, 7) is 0. The van der Waals surface area contributed by atoms with E-state index in [2.05, 4.69) is 20.7 Å². The van der Waals surface area contributed by atoms with Gasteiger partial charge in [-0.3, -0.25) is 4.79 Å². The molecule has 1 amide bonds. The third-order valence-corrected chi connectivity index (χ3v) is 2.95. The number of aromatic amines is 1. The molecule has 3 aromatic rings. The molecule has 0 aliphatic heterocycles. The quantitative estimate of drug-likeness (QED) is 0.763. The third kappa shape index (κ3) is 2.07. The van der Waals surface area contributed by atoms with Crippen LogP contribution in [0, 0.1) is 0 Å². The lowest BCUT2D eigenvalue weighted by Gasteiger charge is -2.09. The van der Waals surface area contributed by atoms with Crippen molar-refractivity contribution < 1.29 is 9.53 Å². The van der Waals surface area contributed by atoms with Crippen LogP contribution in [0.15, 0.2) is 42.5 Å². The summed E-state index contributed by atoms with van der Waals surface area (Å²) in [4.78, 5) is 12.3. The van der Waals surface area contributed by atoms with Gasteiger partial charge in [-0.1, -0.05) is 18.2 Å². The number of benzene rings is 2. The lowest BCUT2D eigenvalue weighted by molar-refractivity contribution is 0.102. The minimum absolute atomic E-state index is 0.252. The zero-order valence-electron chi connectivity index (χ0n) is 10.8. The first-order chi connectivity index (χ1) is 9.79. The van der Waals surface area contributed by atoms with E-state index in [9.17, 15) is 4.79 Å². The molecule has 0 saturated carbocycles. The van der Waals surface area contributed by atoms with Crippen LogP contribution in [0.3, 0.4) is 0 Å². The molecule has 0 radical (unpaired) electrons. The van der Waals surface area contributed by atoms with E-state index in [1.54, 1.807) is 24.3 Å². The van der Waals surface area contributed by atoms with E-state index in [4.69, 9.17) is 4.74 Å². The van der Waals surface area contributed by atoms with E-state index in [1.807, 2.05) is 18.2 Å². The predicted octanol–water partition coefficient (Wildman–Crippen LogP) is 2.22. The second kappa shape index (κ2) is 5.00. The van der Waals surface area contributed by atoms with E-state index in [-0.39, 0.29) is 5.91 Å². The van der Waals surface area contributed by atoms with Crippen LogP contribution in [0.5, 0.6) is 5.75 Å². The van der Waals surface area contributed by atoms with Crippen LogP contribution in [0.1, 0.15) is 10.4 Å². The highest BCUT2D eigenvalue weighted by molar-refractivity contribution is 6.09. The average molecular weight is 268 g/mol. The number of carbonyl (C=O) groups excluding carboxylic acids is 1. The topological polar surface area (TPSA) is 79.9 Å². The van der Waals surface area contributed by atoms with Crippen molar-refractivity contribution in [2.75, 3.05) is 12.4 Å². The van der Waals surface area contributed by atoms with Gasteiger partial charge in [0, 0.05) is 0 Å². The summed E-state index contributed by atoms with van der Waals surface area (Å²) in [6.07, 6.45) is 0. The standard InChI is InChI=1S/C14H12N4O2/c1-20-12-8-3-2-5-9(12)14(19)15-10-6-4-7-11-13(10)17-18-16-11/h2-8H,1H3,(H,15,19)(H,16,17,18). The summed E-state index contributed by atoms with van der Waals surface area (Å²) in [5.74, 6) is 0.273. The SMILES string of the molecule is COc1ccccc1C(=O)Nc1cccc2n[nH]nc12. The maximum Gasteiger partial charge on any atom is 0.259 e. The minimum atomic E-state index is -0.252. The Balaban J connectivity index is 1.95. The second-order valence-corrected chi connectivity index (χ2v) is 4.15. The van der Waals surface area contributed by atoms with Crippen LogP contribution in [0.25, 0.3) is 11.0 Å². The summed E-state index contributed by atoms with van der Waals surface area (Å²) in [7, 11) is 1.53. The first-order valence-corrected chi connectivity index (χ1v) is 6.03. The van der Waals surface area contributed by atoms with Crippen molar-refractivity contribution in [3.8, 4) is 5.75 Å². The Morgan fingerprint density at radius 2 is 2.00 bits per heavy atom. The number of para-hydroxylation sites is 2. The fourth-order valence-electron chi connectivity index (χ4n) is 1.99. The molecule has 0 atom stereocenters. The van der Waals surface area contributed by atoms with Crippen molar-refractivity contribution in [2.24, 2.45) is 0 Å². The Hall–Kier alpha value is -2.89. The molecule has 100 valence electrons. The highest BCUT2D eigenvalue weighted by atomic mass is 16.5. The number of H-pyrrole nitrogens is 1. The first kappa shape index (κ1) is 12.2. The van der Waals surface area contributed by atoms with Crippen LogP contribution in [0.4, 0.5) is 5.69 Å². The number of anilines is 1. The maximum absolute atomic E-state index is 12.3. The molecule has 2 aromatic carbocycles. The van der Waals surface area contributed by atoms with Crippen molar-refractivity contribution in [2.45, 2.75) is 0 Å². The number of fused-ring (bicyclic) bond motifs is 1. The summed E-state index contributed by atoms with van der Waals surface area (Å²) in [5, 5.41) is 13.4. The molecular weight excluding hydrogens is 256 g/mol. The molecule has 0 spiro atoms. The molecule has 0 fully saturated rings. The molecular formula is C14H12N4O2. The Kier molecular flexibility index (Phi) is 3.04. The van der Waals surface area contributed by atoms with E-state index >= 15 is 0 Å². The maximum atomic E-state index is 12.3. The molecule has 0 unspecified atom stereocenters. The van der Waals surface area contributed by atoms with Crippen molar-refractivity contribution >= 4 is 22.6 Å². The molecule has 2 N–H and O–H groups in total. The highest BCUT2D eigenvalue weighted by Crippen LogP contribution is 2.22. The van der Waals surface area contributed by atoms with Gasteiger partial charge in [-0.05, 0) is 24.3 Å². The minimum Gasteiger partial charge on any atom is -0.496 e. The summed E-state index contributed by atoms with van der Waals surface area (Å²) in [5.41, 5.74) is 2.39. The Bertz CT molecular complexity index is 766. The lowest BCUT2D eigenvalue weighted by atomic mass is 10.1. The molecule has 0 bridgehead atoms. The van der Waals surface area contributed by atoms with Crippen LogP contribution < -0.4 is 10.1 Å². The molecule has 20 heavy (non-hydrogen) atoms. The first-order valence-electron chi connectivity index (χ1n) is 6.03. The lowest BCUT2D eigenvalue weighted by Crippen LogP contribution is -2.13. The molecule has 0 aliphatic carbocycles. The highest BCUT2D eigenvalue weighted by Gasteiger charge is 2.13. The van der Waals surface area contributed by atoms with Gasteiger partial charge < -0.3 is 10.1 Å². The summed E-state index contributed by atoms with van der Waals surface area (Å²) in [6, 6.07) is 12.4. The number of rotatable bonds is 3. The van der Waals surface area contributed by atoms with E-state index < -0.39 is 0 Å². The van der Waals surface area contributed by atoms with Crippen molar-refractivity contribution in [3.63, 3.8) is 0 Å². The third-order valence-electron chi connectivity index (χ3n) is 2.95. The summed E-state index contributed by atoms with van der Waals surface area (Å²) >= 11 is 0. The Labute approximate surface area is 114 Å². The fraction of sp³-hybridized carbons (Fsp3) is 0.0714. The smallest absolute Gasteiger partial charge is 0.259 e. The van der Waals surface area contributed by atoms with Crippen LogP contribution in [0.2, 0.25) is 0 Å². The van der Waals surface area contributed by atoms with Gasteiger partial charge in [-0.25, -0.2) is 0 Å². The average Bonchev–Trinajstić information content (AvgIpc) is 2.96. The van der Waals surface area contributed by atoms with Gasteiger partial charge in [-0.2, -0.15) is 15.4 Å². The number of ether oxygens (including phenoxy) is 1. The van der Waals surface area contributed by atoms with Gasteiger partial charge in [0.15, 0.2) is 0 Å². The normalized spacial score (nSPS) is 10.4. The van der Waals surface area contributed by atoms with Crippen LogP contribution >= 0.6 is 0 Å². The van der Waals surface area contributed by atoms with Gasteiger partial charge >= 0.3 is 0 Å². The summed E-state index contributed by atoms with van der Waals surface area (Å²) < 4.78 is 5.18. The van der Waals surface area contributed by atoms with Crippen LogP contribution in [-0.4, -0.2) is 28.4 Å². The molecule has 6 heteroatoms. The zero-order chi connectivity index (χ0) is 13.9. The van der Waals surface area contributed by atoms with E-state index in [0.29, 0.717) is 28.0 Å². The predicted molar refractivity (Wildman–Crippen MR) is 74.8 cm³/mol. The van der Waals surface area contributed by atoms with Crippen molar-refractivity contribution in [1.29, 1.82) is 0 Å². The van der Waals surface area contributed by atoms with E-state index in [0.717, 1.165) is 0 Å². The monoisotopic (exact) mass is 268 g/mol. The molecule has 1 aromatic heterocycles. The van der Waals surface area contributed by atoms with Crippen LogP contribution in [-0.2, 0) is 0 Å². The molecule has 0 saturated heterocycles. The number of nitrogens with zero attached hydrogens (tertiary/aromatic N) is 2. The van der Waals surface area contributed by atoms with E-state index in [1.165, 1.54) is 7.11 Å². The van der Waals surface area contributed by atoms with Gasteiger partial charge in [0.1, 0.15) is 16.8 Å². The largest absolute Gasteiger partial charge is 0.496 e. The molecule has 6 nitrogen and oxygen atoms in total. The van der Waals surface area contributed by atoms with Gasteiger partial charge in [0.2, 0.25) is 0 Å². The number of amides is 1. The molecule has 1 heterocycles. The number of methoxy groups -OCH3 is 1. The van der Waals surface area contributed by atoms with Crippen molar-refractivity contribution in [1.82, 2.24) is 15.4 Å². The zero-order valence-corrected chi connectivity index (χ0v) is 10.8. The van der Waals surface area contributed by atoms with Gasteiger partial charge in [0.25, 0.3) is 5.91 Å². The number of carbonyl (C=O) groups is 1. The second-order valence-electron chi connectivity index (χ2n) is 4.15. The number of aromatic nitrogens is 3. The molecule has 0 aliphatic rings. The molecule has 3 rings (SSSR count). The van der Waals surface area contributed by atoms with Gasteiger partial charge in [-0.15, -0.1) is 0 Å². The fourth-order valence-corrected chi connectivity index (χ4v) is 1.99. The number of nitrogens with one attached hydrogen (secondary N) is 2. The Morgan fingerprint density at radius 3 is 2.85 bits per heavy atom. The number of hydrogen-bond donors (Lipinski definition) is 2.